The lowest BCUT2D eigenvalue weighted by atomic mass is 9.96. The summed E-state index contributed by atoms with van der Waals surface area (Å²) in [5.41, 5.74) is 1.67. The van der Waals surface area contributed by atoms with Crippen LogP contribution in [0.5, 0.6) is 0 Å². The van der Waals surface area contributed by atoms with Crippen LogP contribution in [0.2, 0.25) is 0 Å². The number of carbonyl (C=O) groups is 1. The summed E-state index contributed by atoms with van der Waals surface area (Å²) in [7, 11) is 0. The van der Waals surface area contributed by atoms with Crippen LogP contribution in [0.4, 0.5) is 0 Å². The zero-order valence-corrected chi connectivity index (χ0v) is 18.0. The first-order chi connectivity index (χ1) is 13.4. The highest BCUT2D eigenvalue weighted by atomic mass is 32.2. The molecule has 2 aromatic heterocycles. The highest BCUT2D eigenvalue weighted by molar-refractivity contribution is 8.00. The number of nitrogens with zero attached hydrogens (tertiary/aromatic N) is 2. The Bertz CT molecular complexity index is 1110. The van der Waals surface area contributed by atoms with Gasteiger partial charge in [0.1, 0.15) is 4.83 Å². The Kier molecular flexibility index (Phi) is 5.28. The molecule has 28 heavy (non-hydrogen) atoms. The van der Waals surface area contributed by atoms with Crippen molar-refractivity contribution in [1.29, 1.82) is 0 Å². The molecule has 8 heteroatoms. The molecule has 0 bridgehead atoms. The number of hydrogen-bond donors (Lipinski definition) is 0. The van der Waals surface area contributed by atoms with Crippen LogP contribution in [0.25, 0.3) is 15.9 Å². The fourth-order valence-corrected chi connectivity index (χ4v) is 6.62. The molecule has 0 radical (unpaired) electrons. The van der Waals surface area contributed by atoms with Crippen LogP contribution < -0.4 is 10.7 Å². The predicted octanol–water partition coefficient (Wildman–Crippen LogP) is 3.25. The lowest BCUT2D eigenvalue weighted by Crippen LogP contribution is -2.28. The second kappa shape index (κ2) is 7.57. The van der Waals surface area contributed by atoms with E-state index in [1.165, 1.54) is 9.44 Å². The number of benzene rings is 1. The molecule has 3 heterocycles. The van der Waals surface area contributed by atoms with E-state index in [4.69, 9.17) is 4.98 Å². The topological polar surface area (TPSA) is 75.0 Å². The molecule has 0 unspecified atom stereocenters. The highest BCUT2D eigenvalue weighted by Gasteiger charge is 2.33. The number of aliphatic carboxylic acids is 1. The van der Waals surface area contributed by atoms with Gasteiger partial charge in [-0.1, -0.05) is 43.8 Å². The maximum Gasteiger partial charge on any atom is 0.267 e. The quantitative estimate of drug-likeness (QED) is 0.456. The predicted molar refractivity (Wildman–Crippen MR) is 115 cm³/mol. The Morgan fingerprint density at radius 1 is 1.36 bits per heavy atom. The van der Waals surface area contributed by atoms with E-state index in [-0.39, 0.29) is 16.1 Å². The fourth-order valence-electron chi connectivity index (χ4n) is 3.35. The first kappa shape index (κ1) is 19.5. The molecule has 1 atom stereocenters. The number of thioether (sulfide) groups is 2. The maximum atomic E-state index is 13.6. The summed E-state index contributed by atoms with van der Waals surface area (Å²) in [6, 6.07) is 9.26. The smallest absolute Gasteiger partial charge is 0.267 e. The summed E-state index contributed by atoms with van der Waals surface area (Å²) in [6.07, 6.45) is 1.88. The summed E-state index contributed by atoms with van der Waals surface area (Å²) >= 11 is 4.51. The summed E-state index contributed by atoms with van der Waals surface area (Å²) in [6.45, 7) is 4.43. The van der Waals surface area contributed by atoms with Gasteiger partial charge in [-0.05, 0) is 30.5 Å². The minimum atomic E-state index is -1.18. The number of carbonyl (C=O) groups excluding carboxylic acids is 1. The molecule has 5 nitrogen and oxygen atoms in total. The number of carboxylic acid groups (broad SMARTS) is 1. The van der Waals surface area contributed by atoms with E-state index < -0.39 is 5.97 Å². The van der Waals surface area contributed by atoms with Gasteiger partial charge in [-0.3, -0.25) is 9.36 Å². The SMILES string of the molecule is CC[C@@]1(C)Cc2c(sc3nc(SCC(=O)[O-])n(-c4ccccc4)c(=O)c23)CS1. The van der Waals surface area contributed by atoms with Crippen LogP contribution in [0.3, 0.4) is 0 Å². The molecular weight excluding hydrogens is 412 g/mol. The Morgan fingerprint density at radius 2 is 2.11 bits per heavy atom. The van der Waals surface area contributed by atoms with Gasteiger partial charge in [0.2, 0.25) is 0 Å². The summed E-state index contributed by atoms with van der Waals surface area (Å²) in [5.74, 6) is -0.549. The molecule has 0 spiro atoms. The van der Waals surface area contributed by atoms with Crippen LogP contribution in [0, 0.1) is 0 Å². The highest BCUT2D eigenvalue weighted by Crippen LogP contribution is 2.45. The molecule has 1 aromatic carbocycles. The van der Waals surface area contributed by atoms with Gasteiger partial charge in [0.15, 0.2) is 5.16 Å². The molecule has 4 rings (SSSR count). The molecule has 1 aliphatic heterocycles. The molecule has 1 aliphatic rings. The van der Waals surface area contributed by atoms with Gasteiger partial charge in [-0.15, -0.1) is 23.1 Å². The zero-order valence-electron chi connectivity index (χ0n) is 15.6. The van der Waals surface area contributed by atoms with Crippen molar-refractivity contribution in [3.05, 3.63) is 51.1 Å². The van der Waals surface area contributed by atoms with Crippen molar-refractivity contribution >= 4 is 51.0 Å². The normalized spacial score (nSPS) is 18.9. The first-order valence-electron chi connectivity index (χ1n) is 9.01. The molecule has 146 valence electrons. The van der Waals surface area contributed by atoms with E-state index in [0.29, 0.717) is 21.1 Å². The third-order valence-corrected chi connectivity index (χ3v) is 8.85. The molecular formula is C20H19N2O3S3-. The molecule has 0 saturated carbocycles. The average molecular weight is 432 g/mol. The van der Waals surface area contributed by atoms with E-state index in [1.54, 1.807) is 11.3 Å². The van der Waals surface area contributed by atoms with Crippen LogP contribution in [-0.2, 0) is 17.0 Å². The molecule has 0 saturated heterocycles. The largest absolute Gasteiger partial charge is 0.549 e. The summed E-state index contributed by atoms with van der Waals surface area (Å²) < 4.78 is 1.65. The van der Waals surface area contributed by atoms with E-state index in [2.05, 4.69) is 13.8 Å². The Balaban J connectivity index is 1.95. The van der Waals surface area contributed by atoms with Crippen molar-refractivity contribution in [1.82, 2.24) is 9.55 Å². The van der Waals surface area contributed by atoms with E-state index in [1.807, 2.05) is 42.1 Å². The number of fused-ring (bicyclic) bond motifs is 3. The molecule has 0 fully saturated rings. The minimum absolute atomic E-state index is 0.118. The van der Waals surface area contributed by atoms with E-state index in [0.717, 1.165) is 35.9 Å². The van der Waals surface area contributed by atoms with E-state index in [9.17, 15) is 14.7 Å². The third kappa shape index (κ3) is 3.49. The maximum absolute atomic E-state index is 13.6. The first-order valence-corrected chi connectivity index (χ1v) is 11.8. The zero-order chi connectivity index (χ0) is 19.9. The minimum Gasteiger partial charge on any atom is -0.549 e. The van der Waals surface area contributed by atoms with Gasteiger partial charge >= 0.3 is 0 Å². The molecule has 0 aliphatic carbocycles. The van der Waals surface area contributed by atoms with Crippen molar-refractivity contribution in [2.24, 2.45) is 0 Å². The van der Waals surface area contributed by atoms with Crippen LogP contribution in [-0.4, -0.2) is 26.0 Å². The number of para-hydroxylation sites is 1. The van der Waals surface area contributed by atoms with Gasteiger partial charge < -0.3 is 9.90 Å². The Labute approximate surface area is 175 Å². The summed E-state index contributed by atoms with van der Waals surface area (Å²) in [4.78, 5) is 31.2. The van der Waals surface area contributed by atoms with Gasteiger partial charge in [0.05, 0.1) is 17.0 Å². The number of rotatable bonds is 5. The Hall–Kier alpha value is -1.77. The monoisotopic (exact) mass is 431 g/mol. The van der Waals surface area contributed by atoms with Crippen LogP contribution in [0.15, 0.2) is 40.3 Å². The van der Waals surface area contributed by atoms with Gasteiger partial charge in [-0.25, -0.2) is 4.98 Å². The number of hydrogen-bond acceptors (Lipinski definition) is 7. The number of carboxylic acids is 1. The van der Waals surface area contributed by atoms with Crippen molar-refractivity contribution < 1.29 is 9.90 Å². The standard InChI is InChI=1S/C20H20N2O3S3/c1-3-20(2)9-13-14(10-27-20)28-17-16(13)18(25)22(12-7-5-4-6-8-12)19(21-17)26-11-15(23)24/h4-8H,3,9-11H2,1-2H3,(H,23,24)/p-1/t20-/m0/s1. The summed E-state index contributed by atoms with van der Waals surface area (Å²) in [5, 5.41) is 12.1. The molecule has 0 amide bonds. The van der Waals surface area contributed by atoms with Gasteiger partial charge in [0.25, 0.3) is 5.56 Å². The number of aromatic nitrogens is 2. The lowest BCUT2D eigenvalue weighted by molar-refractivity contribution is -0.301. The number of thiophene rings is 1. The molecule has 3 aromatic rings. The van der Waals surface area contributed by atoms with Crippen LogP contribution >= 0.6 is 34.9 Å². The Morgan fingerprint density at radius 3 is 2.79 bits per heavy atom. The van der Waals surface area contributed by atoms with Crippen molar-refractivity contribution in [3.8, 4) is 5.69 Å². The van der Waals surface area contributed by atoms with Gasteiger partial charge in [0, 0.05) is 21.1 Å². The van der Waals surface area contributed by atoms with Crippen molar-refractivity contribution in [2.45, 2.75) is 42.3 Å². The third-order valence-electron chi connectivity index (χ3n) is 5.06. The van der Waals surface area contributed by atoms with Crippen molar-refractivity contribution in [3.63, 3.8) is 0 Å². The molecule has 0 N–H and O–H groups in total. The lowest BCUT2D eigenvalue weighted by Gasteiger charge is -2.31. The second-order valence-electron chi connectivity index (χ2n) is 6.98. The average Bonchev–Trinajstić information content (AvgIpc) is 3.04. The van der Waals surface area contributed by atoms with Crippen molar-refractivity contribution in [2.75, 3.05) is 5.75 Å². The fraction of sp³-hybridized carbons (Fsp3) is 0.350. The van der Waals surface area contributed by atoms with Crippen LogP contribution in [0.1, 0.15) is 30.7 Å². The second-order valence-corrected chi connectivity index (χ2v) is 10.6. The van der Waals surface area contributed by atoms with E-state index >= 15 is 0 Å². The van der Waals surface area contributed by atoms with Gasteiger partial charge in [-0.2, -0.15) is 0 Å².